The van der Waals surface area contributed by atoms with Crippen molar-refractivity contribution in [2.75, 3.05) is 24.7 Å². The Kier molecular flexibility index (Phi) is 6.39. The molecule has 2 atom stereocenters. The molecule has 7 heteroatoms. The van der Waals surface area contributed by atoms with Crippen molar-refractivity contribution in [1.29, 1.82) is 0 Å². The number of benzene rings is 2. The average Bonchev–Trinajstić information content (AvgIpc) is 3.40. The lowest BCUT2D eigenvalue weighted by Crippen LogP contribution is -2.45. The molecule has 30 heavy (non-hydrogen) atoms. The standard InChI is InChI=1S/C23H27NO5S/c25-23(22-11-5-4-7-18(22)16-29-20-8-2-1-3-9-20)24(15-21-10-6-13-28-21)19-12-14-30(26,27)17-19/h1-5,7-9,11,19,21H,6,10,12-17H2. The predicted octanol–water partition coefficient (Wildman–Crippen LogP) is 3.07. The van der Waals surface area contributed by atoms with Gasteiger partial charge in [-0.25, -0.2) is 8.42 Å². The van der Waals surface area contributed by atoms with Crippen molar-refractivity contribution >= 4 is 15.7 Å². The van der Waals surface area contributed by atoms with Gasteiger partial charge >= 0.3 is 0 Å². The van der Waals surface area contributed by atoms with E-state index in [0.717, 1.165) is 24.2 Å². The molecule has 2 fully saturated rings. The minimum atomic E-state index is -3.11. The fourth-order valence-corrected chi connectivity index (χ4v) is 5.84. The molecule has 2 saturated heterocycles. The number of carbonyl (C=O) groups is 1. The third-order valence-electron chi connectivity index (χ3n) is 5.72. The van der Waals surface area contributed by atoms with Gasteiger partial charge in [0.05, 0.1) is 17.6 Å². The van der Waals surface area contributed by atoms with Crippen LogP contribution in [0.2, 0.25) is 0 Å². The number of para-hydroxylation sites is 1. The fraction of sp³-hybridized carbons (Fsp3) is 0.435. The van der Waals surface area contributed by atoms with Gasteiger partial charge in [0.1, 0.15) is 12.4 Å². The van der Waals surface area contributed by atoms with Gasteiger partial charge in [-0.05, 0) is 37.5 Å². The first kappa shape index (κ1) is 20.9. The Morgan fingerprint density at radius 2 is 1.83 bits per heavy atom. The summed E-state index contributed by atoms with van der Waals surface area (Å²) in [7, 11) is -3.11. The van der Waals surface area contributed by atoms with E-state index >= 15 is 0 Å². The number of nitrogens with zero attached hydrogens (tertiary/aromatic N) is 1. The maximum Gasteiger partial charge on any atom is 0.254 e. The van der Waals surface area contributed by atoms with E-state index in [9.17, 15) is 13.2 Å². The highest BCUT2D eigenvalue weighted by atomic mass is 32.2. The van der Waals surface area contributed by atoms with Gasteiger partial charge in [-0.3, -0.25) is 4.79 Å². The summed E-state index contributed by atoms with van der Waals surface area (Å²) < 4.78 is 35.8. The first-order chi connectivity index (χ1) is 14.5. The maximum atomic E-state index is 13.6. The van der Waals surface area contributed by atoms with Crippen LogP contribution in [0, 0.1) is 0 Å². The SMILES string of the molecule is O=C(c1ccccc1COc1ccccc1)N(CC1CCCO1)C1CCS(=O)(=O)C1. The van der Waals surface area contributed by atoms with Crippen molar-refractivity contribution in [1.82, 2.24) is 4.90 Å². The normalized spacial score (nSPS) is 22.7. The molecule has 0 N–H and O–H groups in total. The molecule has 2 aromatic carbocycles. The van der Waals surface area contributed by atoms with Crippen LogP contribution in [0.4, 0.5) is 0 Å². The van der Waals surface area contributed by atoms with Gasteiger partial charge in [-0.15, -0.1) is 0 Å². The molecular formula is C23H27NO5S. The van der Waals surface area contributed by atoms with E-state index in [-0.39, 0.29) is 36.2 Å². The lowest BCUT2D eigenvalue weighted by molar-refractivity contribution is 0.0439. The summed E-state index contributed by atoms with van der Waals surface area (Å²) in [5.41, 5.74) is 1.33. The number of ether oxygens (including phenoxy) is 2. The number of hydrogen-bond acceptors (Lipinski definition) is 5. The zero-order valence-electron chi connectivity index (χ0n) is 16.9. The van der Waals surface area contributed by atoms with E-state index in [1.165, 1.54) is 0 Å². The highest BCUT2D eigenvalue weighted by Crippen LogP contribution is 2.25. The average molecular weight is 430 g/mol. The number of carbonyl (C=O) groups excluding carboxylic acids is 1. The second-order valence-electron chi connectivity index (χ2n) is 7.91. The third kappa shape index (κ3) is 5.02. The van der Waals surface area contributed by atoms with Crippen LogP contribution < -0.4 is 4.74 Å². The largest absolute Gasteiger partial charge is 0.489 e. The summed E-state index contributed by atoms with van der Waals surface area (Å²) in [6.45, 7) is 1.38. The highest BCUT2D eigenvalue weighted by Gasteiger charge is 2.37. The van der Waals surface area contributed by atoms with Crippen LogP contribution in [0.1, 0.15) is 35.2 Å². The predicted molar refractivity (Wildman–Crippen MR) is 114 cm³/mol. The van der Waals surface area contributed by atoms with Crippen LogP contribution in [-0.2, 0) is 21.2 Å². The van der Waals surface area contributed by atoms with E-state index in [1.54, 1.807) is 11.0 Å². The zero-order valence-corrected chi connectivity index (χ0v) is 17.7. The van der Waals surface area contributed by atoms with Crippen LogP contribution in [-0.4, -0.2) is 56.0 Å². The second-order valence-corrected chi connectivity index (χ2v) is 10.1. The van der Waals surface area contributed by atoms with Gasteiger partial charge < -0.3 is 14.4 Å². The Morgan fingerprint density at radius 3 is 2.53 bits per heavy atom. The quantitative estimate of drug-likeness (QED) is 0.676. The summed E-state index contributed by atoms with van der Waals surface area (Å²) in [5, 5.41) is 0. The molecule has 0 spiro atoms. The molecular weight excluding hydrogens is 402 g/mol. The topological polar surface area (TPSA) is 72.9 Å². The van der Waals surface area contributed by atoms with Crippen molar-refractivity contribution in [3.8, 4) is 5.75 Å². The summed E-state index contributed by atoms with van der Waals surface area (Å²) in [4.78, 5) is 15.3. The molecule has 160 valence electrons. The number of hydrogen-bond donors (Lipinski definition) is 0. The molecule has 0 aromatic heterocycles. The number of sulfone groups is 1. The van der Waals surface area contributed by atoms with Crippen LogP contribution in [0.3, 0.4) is 0 Å². The summed E-state index contributed by atoms with van der Waals surface area (Å²) >= 11 is 0. The Bertz CT molecular complexity index is 970. The molecule has 4 rings (SSSR count). The molecule has 0 radical (unpaired) electrons. The number of amides is 1. The van der Waals surface area contributed by atoms with E-state index in [0.29, 0.717) is 25.1 Å². The Morgan fingerprint density at radius 1 is 1.07 bits per heavy atom. The summed E-state index contributed by atoms with van der Waals surface area (Å²) in [5.74, 6) is 0.734. The van der Waals surface area contributed by atoms with Gasteiger partial charge in [0.25, 0.3) is 5.91 Å². The van der Waals surface area contributed by atoms with E-state index in [2.05, 4.69) is 0 Å². The van der Waals surface area contributed by atoms with Gasteiger partial charge in [0.15, 0.2) is 9.84 Å². The smallest absolute Gasteiger partial charge is 0.254 e. The molecule has 6 nitrogen and oxygen atoms in total. The van der Waals surface area contributed by atoms with Crippen molar-refractivity contribution in [3.63, 3.8) is 0 Å². The highest BCUT2D eigenvalue weighted by molar-refractivity contribution is 7.91. The molecule has 0 aliphatic carbocycles. The van der Waals surface area contributed by atoms with Crippen LogP contribution >= 0.6 is 0 Å². The van der Waals surface area contributed by atoms with E-state index < -0.39 is 9.84 Å². The Hall–Kier alpha value is -2.38. The van der Waals surface area contributed by atoms with Crippen molar-refractivity contribution in [3.05, 3.63) is 65.7 Å². The molecule has 2 unspecified atom stereocenters. The van der Waals surface area contributed by atoms with Crippen molar-refractivity contribution in [2.45, 2.75) is 38.0 Å². The van der Waals surface area contributed by atoms with Gasteiger partial charge in [0.2, 0.25) is 0 Å². The molecule has 0 saturated carbocycles. The first-order valence-corrected chi connectivity index (χ1v) is 12.2. The second kappa shape index (κ2) is 9.18. The molecule has 1 amide bonds. The van der Waals surface area contributed by atoms with E-state index in [4.69, 9.17) is 9.47 Å². The van der Waals surface area contributed by atoms with Crippen LogP contribution in [0.15, 0.2) is 54.6 Å². The molecule has 2 aliphatic rings. The summed E-state index contributed by atoms with van der Waals surface area (Å²) in [6, 6.07) is 16.5. The lowest BCUT2D eigenvalue weighted by Gasteiger charge is -2.31. The van der Waals surface area contributed by atoms with Crippen molar-refractivity contribution < 1.29 is 22.7 Å². The first-order valence-electron chi connectivity index (χ1n) is 10.4. The molecule has 2 aliphatic heterocycles. The van der Waals surface area contributed by atoms with Gasteiger partial charge in [0, 0.05) is 30.3 Å². The zero-order chi connectivity index (χ0) is 21.0. The maximum absolute atomic E-state index is 13.6. The van der Waals surface area contributed by atoms with E-state index in [1.807, 2.05) is 48.5 Å². The Labute approximate surface area is 177 Å². The lowest BCUT2D eigenvalue weighted by atomic mass is 10.0. The Balaban J connectivity index is 1.56. The molecule has 2 aromatic rings. The number of rotatable bonds is 7. The fourth-order valence-electron chi connectivity index (χ4n) is 4.11. The van der Waals surface area contributed by atoms with Gasteiger partial charge in [-0.2, -0.15) is 0 Å². The minimum absolute atomic E-state index is 0.0220. The monoisotopic (exact) mass is 429 g/mol. The molecule has 0 bridgehead atoms. The van der Waals surface area contributed by atoms with Gasteiger partial charge in [-0.1, -0.05) is 36.4 Å². The summed E-state index contributed by atoms with van der Waals surface area (Å²) in [6.07, 6.45) is 2.30. The van der Waals surface area contributed by atoms with Crippen LogP contribution in [0.5, 0.6) is 5.75 Å². The minimum Gasteiger partial charge on any atom is -0.489 e. The molecule has 2 heterocycles. The third-order valence-corrected chi connectivity index (χ3v) is 7.47. The van der Waals surface area contributed by atoms with Crippen LogP contribution in [0.25, 0.3) is 0 Å². The van der Waals surface area contributed by atoms with Crippen molar-refractivity contribution in [2.24, 2.45) is 0 Å².